The summed E-state index contributed by atoms with van der Waals surface area (Å²) in [4.78, 5) is 16.3. The van der Waals surface area contributed by atoms with Gasteiger partial charge in [0.25, 0.3) is 5.91 Å². The van der Waals surface area contributed by atoms with Crippen LogP contribution in [0.15, 0.2) is 53.7 Å². The van der Waals surface area contributed by atoms with E-state index in [1.807, 2.05) is 0 Å². The molecule has 1 aromatic carbocycles. The molecule has 1 saturated carbocycles. The Balaban J connectivity index is 1.77. The number of hydrogen-bond donors (Lipinski definition) is 2. The monoisotopic (exact) mass is 345 g/mol. The lowest BCUT2D eigenvalue weighted by molar-refractivity contribution is 0.102. The fourth-order valence-corrected chi connectivity index (χ4v) is 4.13. The number of amides is 1. The quantitative estimate of drug-likeness (QED) is 0.872. The fraction of sp³-hybridized carbons (Fsp3) is 0.294. The second-order valence-electron chi connectivity index (χ2n) is 5.83. The van der Waals surface area contributed by atoms with E-state index in [1.54, 1.807) is 30.5 Å². The van der Waals surface area contributed by atoms with Gasteiger partial charge in [-0.3, -0.25) is 9.78 Å². The first-order valence-electron chi connectivity index (χ1n) is 7.88. The molecule has 24 heavy (non-hydrogen) atoms. The molecule has 126 valence electrons. The van der Waals surface area contributed by atoms with Gasteiger partial charge in [-0.25, -0.2) is 13.1 Å². The van der Waals surface area contributed by atoms with Gasteiger partial charge in [-0.05, 0) is 43.2 Å². The molecule has 1 aliphatic carbocycles. The number of hydrogen-bond acceptors (Lipinski definition) is 4. The second-order valence-corrected chi connectivity index (χ2v) is 7.54. The van der Waals surface area contributed by atoms with Crippen LogP contribution in [0.5, 0.6) is 0 Å². The third kappa shape index (κ3) is 3.98. The second kappa shape index (κ2) is 7.11. The summed E-state index contributed by atoms with van der Waals surface area (Å²) in [7, 11) is -3.61. The van der Waals surface area contributed by atoms with Crippen molar-refractivity contribution in [3.8, 4) is 0 Å². The summed E-state index contributed by atoms with van der Waals surface area (Å²) < 4.78 is 27.7. The lowest BCUT2D eigenvalue weighted by atomic mass is 10.2. The van der Waals surface area contributed by atoms with Gasteiger partial charge in [0.05, 0.1) is 16.8 Å². The summed E-state index contributed by atoms with van der Waals surface area (Å²) in [6.07, 6.45) is 6.94. The molecule has 0 bridgehead atoms. The van der Waals surface area contributed by atoms with Gasteiger partial charge in [-0.1, -0.05) is 18.9 Å². The maximum atomic E-state index is 12.5. The molecule has 0 saturated heterocycles. The molecule has 1 aliphatic rings. The van der Waals surface area contributed by atoms with E-state index in [9.17, 15) is 13.2 Å². The predicted octanol–water partition coefficient (Wildman–Crippen LogP) is 2.55. The first kappa shape index (κ1) is 16.6. The number of sulfonamides is 1. The van der Waals surface area contributed by atoms with Crippen molar-refractivity contribution in [3.63, 3.8) is 0 Å². The van der Waals surface area contributed by atoms with E-state index in [2.05, 4.69) is 15.0 Å². The third-order valence-corrected chi connectivity index (χ3v) is 5.52. The number of nitrogens with one attached hydrogen (secondary N) is 2. The molecule has 1 aromatic heterocycles. The van der Waals surface area contributed by atoms with Crippen LogP contribution in [0.25, 0.3) is 0 Å². The van der Waals surface area contributed by atoms with E-state index >= 15 is 0 Å². The van der Waals surface area contributed by atoms with Crippen molar-refractivity contribution < 1.29 is 13.2 Å². The summed E-state index contributed by atoms with van der Waals surface area (Å²) in [5.74, 6) is -0.374. The highest BCUT2D eigenvalue weighted by Gasteiger charge is 2.23. The summed E-state index contributed by atoms with van der Waals surface area (Å²) in [6, 6.07) is 9.46. The zero-order chi connectivity index (χ0) is 17.0. The van der Waals surface area contributed by atoms with Crippen LogP contribution in [0.1, 0.15) is 36.0 Å². The highest BCUT2D eigenvalue weighted by atomic mass is 32.2. The summed E-state index contributed by atoms with van der Waals surface area (Å²) in [6.45, 7) is 0. The van der Waals surface area contributed by atoms with Gasteiger partial charge < -0.3 is 5.32 Å². The standard InChI is InChI=1S/C17H19N3O3S/c21-17(19-15-8-4-10-18-12-15)13-5-3-9-16(11-13)24(22,23)20-14-6-1-2-7-14/h3-5,8-12,14,20H,1-2,6-7H2,(H,19,21). The maximum absolute atomic E-state index is 12.5. The minimum atomic E-state index is -3.61. The molecular formula is C17H19N3O3S. The van der Waals surface area contributed by atoms with Crippen molar-refractivity contribution in [1.29, 1.82) is 0 Å². The maximum Gasteiger partial charge on any atom is 0.255 e. The molecule has 0 unspecified atom stereocenters. The fourth-order valence-electron chi connectivity index (χ4n) is 2.78. The number of rotatable bonds is 5. The number of pyridine rings is 1. The minimum Gasteiger partial charge on any atom is -0.321 e. The van der Waals surface area contributed by atoms with E-state index in [4.69, 9.17) is 0 Å². The molecule has 2 aromatic rings. The number of nitrogens with zero attached hydrogens (tertiary/aromatic N) is 1. The highest BCUT2D eigenvalue weighted by molar-refractivity contribution is 7.89. The Labute approximate surface area is 141 Å². The molecule has 0 radical (unpaired) electrons. The van der Waals surface area contributed by atoms with E-state index < -0.39 is 10.0 Å². The number of anilines is 1. The first-order valence-corrected chi connectivity index (χ1v) is 9.37. The van der Waals surface area contributed by atoms with Crippen molar-refractivity contribution in [3.05, 3.63) is 54.4 Å². The molecule has 0 aliphatic heterocycles. The van der Waals surface area contributed by atoms with Crippen LogP contribution in [0.3, 0.4) is 0 Å². The normalized spacial score (nSPS) is 15.3. The molecule has 0 spiro atoms. The van der Waals surface area contributed by atoms with Crippen LogP contribution in [0.2, 0.25) is 0 Å². The van der Waals surface area contributed by atoms with Gasteiger partial charge in [-0.2, -0.15) is 0 Å². The molecule has 1 fully saturated rings. The van der Waals surface area contributed by atoms with E-state index in [-0.39, 0.29) is 22.4 Å². The topological polar surface area (TPSA) is 88.2 Å². The van der Waals surface area contributed by atoms with Gasteiger partial charge in [0.1, 0.15) is 0 Å². The van der Waals surface area contributed by atoms with Crippen LogP contribution in [-0.2, 0) is 10.0 Å². The number of carbonyl (C=O) groups excluding carboxylic acids is 1. The summed E-state index contributed by atoms with van der Waals surface area (Å²) in [5, 5.41) is 2.69. The van der Waals surface area contributed by atoms with Crippen LogP contribution in [0.4, 0.5) is 5.69 Å². The van der Waals surface area contributed by atoms with Crippen LogP contribution in [-0.4, -0.2) is 25.4 Å². The number of carbonyl (C=O) groups is 1. The van der Waals surface area contributed by atoms with E-state index in [0.717, 1.165) is 25.7 Å². The summed E-state index contributed by atoms with van der Waals surface area (Å²) >= 11 is 0. The van der Waals surface area contributed by atoms with Gasteiger partial charge in [-0.15, -0.1) is 0 Å². The van der Waals surface area contributed by atoms with E-state index in [0.29, 0.717) is 5.69 Å². The van der Waals surface area contributed by atoms with Crippen LogP contribution in [0, 0.1) is 0 Å². The van der Waals surface area contributed by atoms with Crippen LogP contribution < -0.4 is 10.0 Å². The molecule has 1 heterocycles. The summed E-state index contributed by atoms with van der Waals surface area (Å²) in [5.41, 5.74) is 0.841. The zero-order valence-electron chi connectivity index (χ0n) is 13.1. The lowest BCUT2D eigenvalue weighted by Crippen LogP contribution is -2.32. The van der Waals surface area contributed by atoms with Gasteiger partial charge >= 0.3 is 0 Å². The average molecular weight is 345 g/mol. The van der Waals surface area contributed by atoms with Gasteiger partial charge in [0.2, 0.25) is 10.0 Å². The molecule has 2 N–H and O–H groups in total. The van der Waals surface area contributed by atoms with Crippen molar-refractivity contribution in [2.75, 3.05) is 5.32 Å². The molecule has 3 rings (SSSR count). The Morgan fingerprint density at radius 3 is 2.62 bits per heavy atom. The zero-order valence-corrected chi connectivity index (χ0v) is 13.9. The Hall–Kier alpha value is -2.25. The molecule has 1 amide bonds. The molecule has 0 atom stereocenters. The molecule has 6 nitrogen and oxygen atoms in total. The Bertz CT molecular complexity index is 816. The average Bonchev–Trinajstić information content (AvgIpc) is 3.08. The SMILES string of the molecule is O=C(Nc1cccnc1)c1cccc(S(=O)(=O)NC2CCCC2)c1. The van der Waals surface area contributed by atoms with Crippen molar-refractivity contribution in [1.82, 2.24) is 9.71 Å². The predicted molar refractivity (Wildman–Crippen MR) is 91.2 cm³/mol. The Morgan fingerprint density at radius 2 is 1.92 bits per heavy atom. The van der Waals surface area contributed by atoms with Crippen molar-refractivity contribution in [2.45, 2.75) is 36.6 Å². The van der Waals surface area contributed by atoms with Gasteiger partial charge in [0.15, 0.2) is 0 Å². The van der Waals surface area contributed by atoms with Crippen molar-refractivity contribution in [2.24, 2.45) is 0 Å². The molecular weight excluding hydrogens is 326 g/mol. The minimum absolute atomic E-state index is 0.0112. The highest BCUT2D eigenvalue weighted by Crippen LogP contribution is 2.21. The van der Waals surface area contributed by atoms with Crippen molar-refractivity contribution >= 4 is 21.6 Å². The van der Waals surface area contributed by atoms with E-state index in [1.165, 1.54) is 18.3 Å². The molecule has 7 heteroatoms. The van der Waals surface area contributed by atoms with Gasteiger partial charge in [0, 0.05) is 17.8 Å². The third-order valence-electron chi connectivity index (χ3n) is 4.00. The smallest absolute Gasteiger partial charge is 0.255 e. The first-order chi connectivity index (χ1) is 11.5. The number of benzene rings is 1. The Kier molecular flexibility index (Phi) is 4.92. The largest absolute Gasteiger partial charge is 0.321 e. The number of aromatic nitrogens is 1. The Morgan fingerprint density at radius 1 is 1.12 bits per heavy atom. The lowest BCUT2D eigenvalue weighted by Gasteiger charge is -2.13. The van der Waals surface area contributed by atoms with Crippen LogP contribution >= 0.6 is 0 Å².